The van der Waals surface area contributed by atoms with Crippen LogP contribution < -0.4 is 21.3 Å². The lowest BCUT2D eigenvalue weighted by Crippen LogP contribution is -2.33. The van der Waals surface area contributed by atoms with Crippen LogP contribution in [0.4, 0.5) is 0 Å². The number of rotatable bonds is 9. The molecule has 0 unspecified atom stereocenters. The van der Waals surface area contributed by atoms with Gasteiger partial charge < -0.3 is 21.3 Å². The molecule has 0 aliphatic carbocycles. The van der Waals surface area contributed by atoms with E-state index in [4.69, 9.17) is 24.4 Å². The fraction of sp³-hybridized carbons (Fsp3) is 0.833. The van der Waals surface area contributed by atoms with Crippen molar-refractivity contribution < 1.29 is 0 Å². The van der Waals surface area contributed by atoms with Gasteiger partial charge in [-0.2, -0.15) is 0 Å². The van der Waals surface area contributed by atoms with Gasteiger partial charge in [-0.15, -0.1) is 0 Å². The second-order valence-corrected chi connectivity index (χ2v) is 4.95. The summed E-state index contributed by atoms with van der Waals surface area (Å²) in [6, 6.07) is 0. The van der Waals surface area contributed by atoms with E-state index in [2.05, 4.69) is 21.3 Å². The van der Waals surface area contributed by atoms with Crippen molar-refractivity contribution in [2.45, 2.75) is 38.5 Å². The van der Waals surface area contributed by atoms with Gasteiger partial charge in [0.1, 0.15) is 0 Å². The number of thiocarbonyl (C=S) groups is 2. The van der Waals surface area contributed by atoms with Crippen LogP contribution in [-0.2, 0) is 0 Å². The molecule has 0 aromatic rings. The predicted molar refractivity (Wildman–Crippen MR) is 87.0 cm³/mol. The Hall–Kier alpha value is -0.620. The van der Waals surface area contributed by atoms with Gasteiger partial charge in [0, 0.05) is 27.2 Å². The lowest BCUT2D eigenvalue weighted by Gasteiger charge is -2.07. The Labute approximate surface area is 122 Å². The van der Waals surface area contributed by atoms with Crippen molar-refractivity contribution in [1.29, 1.82) is 0 Å². The number of nitrogens with one attached hydrogen (secondary N) is 4. The van der Waals surface area contributed by atoms with Gasteiger partial charge in [-0.05, 0) is 37.3 Å². The zero-order valence-electron chi connectivity index (χ0n) is 11.5. The van der Waals surface area contributed by atoms with Crippen LogP contribution in [0.3, 0.4) is 0 Å². The van der Waals surface area contributed by atoms with E-state index in [0.29, 0.717) is 0 Å². The molecule has 0 saturated heterocycles. The smallest absolute Gasteiger partial charge is 0.166 e. The number of hydrogen-bond donors (Lipinski definition) is 4. The van der Waals surface area contributed by atoms with E-state index in [1.807, 2.05) is 14.1 Å². The van der Waals surface area contributed by atoms with E-state index in [1.54, 1.807) is 0 Å². The molecule has 0 spiro atoms. The van der Waals surface area contributed by atoms with Gasteiger partial charge in [0.25, 0.3) is 0 Å². The van der Waals surface area contributed by atoms with Crippen LogP contribution in [-0.4, -0.2) is 37.4 Å². The normalized spacial score (nSPS) is 9.67. The van der Waals surface area contributed by atoms with E-state index in [9.17, 15) is 0 Å². The second-order valence-electron chi connectivity index (χ2n) is 4.13. The molecule has 0 heterocycles. The molecule has 0 aliphatic rings. The minimum atomic E-state index is 0.738. The molecule has 106 valence electrons. The van der Waals surface area contributed by atoms with E-state index in [1.165, 1.54) is 38.5 Å². The quantitative estimate of drug-likeness (QED) is 0.381. The zero-order chi connectivity index (χ0) is 13.6. The van der Waals surface area contributed by atoms with E-state index < -0.39 is 0 Å². The summed E-state index contributed by atoms with van der Waals surface area (Å²) < 4.78 is 0. The number of hydrogen-bond acceptors (Lipinski definition) is 2. The zero-order valence-corrected chi connectivity index (χ0v) is 13.1. The molecule has 0 aliphatic heterocycles. The third kappa shape index (κ3) is 11.9. The molecule has 18 heavy (non-hydrogen) atoms. The third-order valence-corrected chi connectivity index (χ3v) is 3.33. The van der Waals surface area contributed by atoms with E-state index >= 15 is 0 Å². The topological polar surface area (TPSA) is 48.1 Å². The summed E-state index contributed by atoms with van der Waals surface area (Å²) in [7, 11) is 3.67. The Balaban J connectivity index is 3.07. The summed E-state index contributed by atoms with van der Waals surface area (Å²) >= 11 is 9.98. The second kappa shape index (κ2) is 12.8. The predicted octanol–water partition coefficient (Wildman–Crippen LogP) is 1.51. The molecule has 0 saturated carbocycles. The fourth-order valence-corrected chi connectivity index (χ4v) is 1.74. The van der Waals surface area contributed by atoms with Crippen LogP contribution in [0.25, 0.3) is 0 Å². The minimum absolute atomic E-state index is 0.738. The molecular weight excluding hydrogens is 264 g/mol. The van der Waals surface area contributed by atoms with Crippen molar-refractivity contribution in [1.82, 2.24) is 21.3 Å². The Morgan fingerprint density at radius 3 is 1.33 bits per heavy atom. The molecule has 0 amide bonds. The molecule has 6 heteroatoms. The summed E-state index contributed by atoms with van der Waals surface area (Å²) in [4.78, 5) is 0. The summed E-state index contributed by atoms with van der Waals surface area (Å²) in [5, 5.41) is 13.6. The molecule has 0 aromatic heterocycles. The van der Waals surface area contributed by atoms with Gasteiger partial charge >= 0.3 is 0 Å². The highest BCUT2D eigenvalue weighted by Crippen LogP contribution is 2.04. The fourth-order valence-electron chi connectivity index (χ4n) is 1.54. The Kier molecular flexibility index (Phi) is 12.4. The van der Waals surface area contributed by atoms with Crippen molar-refractivity contribution >= 4 is 34.7 Å². The maximum absolute atomic E-state index is 4.99. The monoisotopic (exact) mass is 290 g/mol. The van der Waals surface area contributed by atoms with Crippen molar-refractivity contribution in [3.63, 3.8) is 0 Å². The molecule has 4 nitrogen and oxygen atoms in total. The highest BCUT2D eigenvalue weighted by atomic mass is 32.1. The van der Waals surface area contributed by atoms with Gasteiger partial charge in [0.2, 0.25) is 0 Å². The van der Waals surface area contributed by atoms with Gasteiger partial charge in [0.15, 0.2) is 10.2 Å². The SMILES string of the molecule is CNC(=S)NCCCCCCCCNC(=S)NC. The maximum Gasteiger partial charge on any atom is 0.166 e. The molecule has 0 radical (unpaired) electrons. The van der Waals surface area contributed by atoms with Crippen molar-refractivity contribution in [3.8, 4) is 0 Å². The molecular formula is C12H26N4S2. The molecule has 0 aromatic carbocycles. The van der Waals surface area contributed by atoms with Crippen molar-refractivity contribution in [2.24, 2.45) is 0 Å². The van der Waals surface area contributed by atoms with Crippen molar-refractivity contribution in [2.75, 3.05) is 27.2 Å². The number of unbranched alkanes of at least 4 members (excludes halogenated alkanes) is 5. The van der Waals surface area contributed by atoms with Crippen molar-refractivity contribution in [3.05, 3.63) is 0 Å². The van der Waals surface area contributed by atoms with E-state index in [0.717, 1.165) is 23.3 Å². The largest absolute Gasteiger partial charge is 0.366 e. The lowest BCUT2D eigenvalue weighted by molar-refractivity contribution is 0.585. The highest BCUT2D eigenvalue weighted by Gasteiger charge is 1.94. The Morgan fingerprint density at radius 2 is 1.00 bits per heavy atom. The Bertz CT molecular complexity index is 210. The third-order valence-electron chi connectivity index (χ3n) is 2.63. The van der Waals surface area contributed by atoms with Gasteiger partial charge in [-0.1, -0.05) is 25.7 Å². The first-order chi connectivity index (χ1) is 8.70. The first kappa shape index (κ1) is 17.4. The van der Waals surface area contributed by atoms with Crippen LogP contribution in [0, 0.1) is 0 Å². The minimum Gasteiger partial charge on any atom is -0.366 e. The van der Waals surface area contributed by atoms with Gasteiger partial charge in [0.05, 0.1) is 0 Å². The first-order valence-electron chi connectivity index (χ1n) is 6.62. The van der Waals surface area contributed by atoms with Crippen LogP contribution in [0.15, 0.2) is 0 Å². The standard InChI is InChI=1S/C12H26N4S2/c1-13-11(17)15-9-7-5-3-4-6-8-10-16-12(18)14-2/h3-10H2,1-2H3,(H2,13,15,17)(H2,14,16,18). The maximum atomic E-state index is 4.99. The first-order valence-corrected chi connectivity index (χ1v) is 7.43. The molecule has 0 rings (SSSR count). The molecule has 0 atom stereocenters. The van der Waals surface area contributed by atoms with Crippen LogP contribution in [0.5, 0.6) is 0 Å². The Morgan fingerprint density at radius 1 is 0.667 bits per heavy atom. The summed E-state index contributed by atoms with van der Waals surface area (Å²) in [6.45, 7) is 1.94. The average molecular weight is 291 g/mol. The lowest BCUT2D eigenvalue weighted by atomic mass is 10.1. The van der Waals surface area contributed by atoms with Crippen LogP contribution in [0.1, 0.15) is 38.5 Å². The summed E-state index contributed by atoms with van der Waals surface area (Å²) in [6.07, 6.45) is 7.49. The van der Waals surface area contributed by atoms with Crippen LogP contribution in [0.2, 0.25) is 0 Å². The highest BCUT2D eigenvalue weighted by molar-refractivity contribution is 7.80. The summed E-state index contributed by atoms with van der Waals surface area (Å²) in [5.74, 6) is 0. The van der Waals surface area contributed by atoms with Gasteiger partial charge in [-0.3, -0.25) is 0 Å². The van der Waals surface area contributed by atoms with Crippen LogP contribution >= 0.6 is 24.4 Å². The molecule has 0 fully saturated rings. The average Bonchev–Trinajstić information content (AvgIpc) is 2.40. The van der Waals surface area contributed by atoms with Gasteiger partial charge in [-0.25, -0.2) is 0 Å². The van der Waals surface area contributed by atoms with E-state index in [-0.39, 0.29) is 0 Å². The summed E-state index contributed by atoms with van der Waals surface area (Å²) in [5.41, 5.74) is 0. The molecule has 4 N–H and O–H groups in total. The molecule has 0 bridgehead atoms.